The van der Waals surface area contributed by atoms with Crippen molar-refractivity contribution in [3.05, 3.63) is 12.2 Å². The number of fused-ring (bicyclic) bond motifs is 4. The number of rotatable bonds is 1. The molecule has 2 saturated heterocycles. The van der Waals surface area contributed by atoms with Crippen LogP contribution in [-0.2, 0) is 23.9 Å². The van der Waals surface area contributed by atoms with Crippen molar-refractivity contribution in [3.63, 3.8) is 0 Å². The Hall–Kier alpha value is -1.49. The first-order valence-corrected chi connectivity index (χ1v) is 8.92. The molecule has 0 aromatic heterocycles. The van der Waals surface area contributed by atoms with Gasteiger partial charge < -0.3 is 9.47 Å². The van der Waals surface area contributed by atoms with Gasteiger partial charge in [-0.15, -0.1) is 0 Å². The third-order valence-corrected chi connectivity index (χ3v) is 7.34. The zero-order valence-electron chi connectivity index (χ0n) is 14.0. The fraction of sp³-hybridized carbons (Fsp3) is 0.737. The van der Waals surface area contributed by atoms with Gasteiger partial charge in [0, 0.05) is 18.8 Å². The summed E-state index contributed by atoms with van der Waals surface area (Å²) >= 11 is 0. The van der Waals surface area contributed by atoms with Crippen LogP contribution in [0.2, 0.25) is 0 Å². The van der Waals surface area contributed by atoms with Gasteiger partial charge in [-0.05, 0) is 32.1 Å². The van der Waals surface area contributed by atoms with Crippen molar-refractivity contribution in [1.29, 1.82) is 0 Å². The molecule has 5 fully saturated rings. The van der Waals surface area contributed by atoms with Gasteiger partial charge in [0.2, 0.25) is 0 Å². The molecule has 2 bridgehead atoms. The summed E-state index contributed by atoms with van der Waals surface area (Å²) in [5, 5.41) is 0. The Kier molecular flexibility index (Phi) is 2.70. The fourth-order valence-corrected chi connectivity index (χ4v) is 6.39. The van der Waals surface area contributed by atoms with E-state index in [1.54, 1.807) is 0 Å². The summed E-state index contributed by atoms with van der Waals surface area (Å²) in [5.74, 6) is -1.44. The molecule has 9 atom stereocenters. The maximum atomic E-state index is 13.1. The highest BCUT2D eigenvalue weighted by atomic mass is 16.6. The molecule has 0 aromatic carbocycles. The zero-order valence-corrected chi connectivity index (χ0v) is 14.0. The van der Waals surface area contributed by atoms with Crippen LogP contribution in [0.25, 0.3) is 0 Å². The van der Waals surface area contributed by atoms with Crippen molar-refractivity contribution in [1.82, 2.24) is 0 Å². The summed E-state index contributed by atoms with van der Waals surface area (Å²) in [4.78, 5) is 38.6. The van der Waals surface area contributed by atoms with Crippen LogP contribution in [0.3, 0.4) is 0 Å². The molecule has 5 aliphatic rings. The lowest BCUT2D eigenvalue weighted by Crippen LogP contribution is -2.47. The predicted octanol–water partition coefficient (Wildman–Crippen LogP) is 1.69. The highest BCUT2D eigenvalue weighted by molar-refractivity contribution is 5.98. The topological polar surface area (TPSA) is 69.7 Å². The van der Waals surface area contributed by atoms with Crippen LogP contribution in [-0.4, -0.2) is 35.3 Å². The Morgan fingerprint density at radius 2 is 2.00 bits per heavy atom. The molecule has 0 spiro atoms. The second-order valence-electron chi connectivity index (χ2n) is 8.65. The minimum Gasteiger partial charge on any atom is -0.462 e. The Balaban J connectivity index is 1.66. The van der Waals surface area contributed by atoms with Gasteiger partial charge in [-0.1, -0.05) is 12.2 Å². The smallest absolute Gasteiger partial charge is 0.309 e. The highest BCUT2D eigenvalue weighted by Gasteiger charge is 2.74. The summed E-state index contributed by atoms with van der Waals surface area (Å²) in [6.07, 6.45) is 0.806. The van der Waals surface area contributed by atoms with Gasteiger partial charge in [-0.2, -0.15) is 0 Å². The van der Waals surface area contributed by atoms with Crippen molar-refractivity contribution >= 4 is 17.5 Å². The minimum atomic E-state index is -0.664. The van der Waals surface area contributed by atoms with Crippen LogP contribution in [0.1, 0.15) is 33.1 Å². The normalized spacial score (nSPS) is 54.5. The van der Waals surface area contributed by atoms with E-state index in [1.165, 1.54) is 0 Å². The minimum absolute atomic E-state index is 0.0305. The monoisotopic (exact) mass is 330 g/mol. The van der Waals surface area contributed by atoms with Crippen molar-refractivity contribution in [2.75, 3.05) is 0 Å². The Bertz CT molecular complexity index is 696. The number of hydrogen-bond acceptors (Lipinski definition) is 5. The third-order valence-electron chi connectivity index (χ3n) is 7.34. The van der Waals surface area contributed by atoms with Gasteiger partial charge in [0.05, 0.1) is 23.4 Å². The molecule has 3 saturated carbocycles. The second-order valence-corrected chi connectivity index (χ2v) is 8.65. The first kappa shape index (κ1) is 14.8. The van der Waals surface area contributed by atoms with E-state index >= 15 is 0 Å². The number of hydrogen-bond donors (Lipinski definition) is 0. The van der Waals surface area contributed by atoms with Crippen LogP contribution in [0, 0.1) is 35.5 Å². The van der Waals surface area contributed by atoms with Gasteiger partial charge >= 0.3 is 5.97 Å². The van der Waals surface area contributed by atoms with Crippen molar-refractivity contribution < 1.29 is 23.9 Å². The largest absolute Gasteiger partial charge is 0.462 e. The van der Waals surface area contributed by atoms with E-state index in [-0.39, 0.29) is 53.2 Å². The molecule has 0 unspecified atom stereocenters. The number of ether oxygens (including phenoxy) is 2. The lowest BCUT2D eigenvalue weighted by Gasteiger charge is -2.41. The molecule has 5 heteroatoms. The molecular weight excluding hydrogens is 308 g/mol. The molecule has 0 aromatic rings. The van der Waals surface area contributed by atoms with Crippen LogP contribution in [0.4, 0.5) is 0 Å². The van der Waals surface area contributed by atoms with E-state index in [1.807, 2.05) is 13.8 Å². The molecule has 3 aliphatic carbocycles. The number of Topliss-reactive ketones (excluding diaryl/α,β-unsaturated/α-hetero) is 2. The first-order valence-electron chi connectivity index (χ1n) is 8.92. The molecule has 2 aliphatic heterocycles. The summed E-state index contributed by atoms with van der Waals surface area (Å²) in [6.45, 7) is 7.89. The van der Waals surface area contributed by atoms with Gasteiger partial charge in [-0.25, -0.2) is 0 Å². The first-order chi connectivity index (χ1) is 11.3. The molecule has 0 N–H and O–H groups in total. The number of allylic oxidation sites excluding steroid dienone is 1. The van der Waals surface area contributed by atoms with Crippen molar-refractivity contribution in [2.45, 2.75) is 50.9 Å². The number of ketones is 2. The Morgan fingerprint density at radius 1 is 1.25 bits per heavy atom. The van der Waals surface area contributed by atoms with E-state index < -0.39 is 17.6 Å². The van der Waals surface area contributed by atoms with Crippen molar-refractivity contribution in [3.8, 4) is 0 Å². The van der Waals surface area contributed by atoms with E-state index in [9.17, 15) is 14.4 Å². The molecule has 5 nitrogen and oxygen atoms in total. The summed E-state index contributed by atoms with van der Waals surface area (Å²) in [5.41, 5.74) is 0.398. The molecule has 24 heavy (non-hydrogen) atoms. The summed E-state index contributed by atoms with van der Waals surface area (Å²) < 4.78 is 11.8. The molecule has 5 rings (SSSR count). The second kappa shape index (κ2) is 4.37. The van der Waals surface area contributed by atoms with Gasteiger partial charge in [0.15, 0.2) is 5.78 Å². The standard InChI is InChI=1S/C19H22O5/c1-7(2)8-4-9-12(10(20)5-8)17-16(21)15-14-11(6-19(15,3)24-17)23-18(22)13(9)14/h8-9,11-15,17H,1,4-6H2,2-3H3/t8-,9-,11+,12+,13-,14-,15+,17+,19+/m0/s1. The molecule has 2 heterocycles. The molecule has 128 valence electrons. The Labute approximate surface area is 140 Å². The highest BCUT2D eigenvalue weighted by Crippen LogP contribution is 2.63. The maximum absolute atomic E-state index is 13.1. The predicted molar refractivity (Wildman–Crippen MR) is 82.8 cm³/mol. The summed E-state index contributed by atoms with van der Waals surface area (Å²) in [6, 6.07) is 0. The Morgan fingerprint density at radius 3 is 2.71 bits per heavy atom. The van der Waals surface area contributed by atoms with Gasteiger partial charge in [0.25, 0.3) is 0 Å². The van der Waals surface area contributed by atoms with E-state index in [4.69, 9.17) is 9.47 Å². The molecule has 0 radical (unpaired) electrons. The lowest BCUT2D eigenvalue weighted by atomic mass is 9.63. The van der Waals surface area contributed by atoms with Crippen molar-refractivity contribution in [2.24, 2.45) is 35.5 Å². The average Bonchev–Trinajstić information content (AvgIpc) is 2.99. The lowest BCUT2D eigenvalue weighted by molar-refractivity contribution is -0.160. The van der Waals surface area contributed by atoms with E-state index in [0.29, 0.717) is 12.8 Å². The average molecular weight is 330 g/mol. The molecule has 0 amide bonds. The number of carbonyl (C=O) groups excluding carboxylic acids is 3. The fourth-order valence-electron chi connectivity index (χ4n) is 6.39. The number of carbonyl (C=O) groups is 3. The van der Waals surface area contributed by atoms with Crippen LogP contribution in [0.5, 0.6) is 0 Å². The SMILES string of the molecule is C=C(C)[C@@H]1CC(=O)[C@H]2[C@H](C1)[C@@H]1C(=O)O[C@@H]3C[C@@]4(C)O[C@H]2C(=O)[C@H]4[C@H]13. The van der Waals surface area contributed by atoms with E-state index in [0.717, 1.165) is 12.0 Å². The molecular formula is C19H22O5. The van der Waals surface area contributed by atoms with Gasteiger partial charge in [-0.3, -0.25) is 14.4 Å². The zero-order chi connectivity index (χ0) is 17.0. The van der Waals surface area contributed by atoms with Crippen LogP contribution >= 0.6 is 0 Å². The van der Waals surface area contributed by atoms with E-state index in [2.05, 4.69) is 6.58 Å². The quantitative estimate of drug-likeness (QED) is 0.540. The summed E-state index contributed by atoms with van der Waals surface area (Å²) in [7, 11) is 0. The van der Waals surface area contributed by atoms with Crippen LogP contribution in [0.15, 0.2) is 12.2 Å². The maximum Gasteiger partial charge on any atom is 0.309 e. The van der Waals surface area contributed by atoms with Gasteiger partial charge in [0.1, 0.15) is 18.0 Å². The third kappa shape index (κ3) is 1.57. The number of esters is 1. The van der Waals surface area contributed by atoms with Crippen LogP contribution < -0.4 is 0 Å².